The van der Waals surface area contributed by atoms with Gasteiger partial charge in [0.25, 0.3) is 0 Å². The van der Waals surface area contributed by atoms with Gasteiger partial charge in [-0.2, -0.15) is 0 Å². The van der Waals surface area contributed by atoms with Gasteiger partial charge in [-0.25, -0.2) is 0 Å². The van der Waals surface area contributed by atoms with Crippen LogP contribution in [0.2, 0.25) is 5.02 Å². The van der Waals surface area contributed by atoms with E-state index in [1.54, 1.807) is 25.3 Å². The van der Waals surface area contributed by atoms with E-state index in [4.69, 9.17) is 16.3 Å². The first kappa shape index (κ1) is 18.7. The van der Waals surface area contributed by atoms with Crippen LogP contribution in [0, 0.1) is 5.92 Å². The van der Waals surface area contributed by atoms with Crippen LogP contribution in [0.1, 0.15) is 31.4 Å². The lowest BCUT2D eigenvalue weighted by Gasteiger charge is -2.29. The Balaban J connectivity index is 1.70. The molecule has 0 radical (unpaired) electrons. The maximum Gasteiger partial charge on any atom is 0.238 e. The van der Waals surface area contributed by atoms with Gasteiger partial charge in [-0.1, -0.05) is 41.9 Å². The number of carbonyl (C=O) groups excluding carboxylic acids is 1. The number of hydrogen-bond donors (Lipinski definition) is 1. The van der Waals surface area contributed by atoms with E-state index >= 15 is 0 Å². The summed E-state index contributed by atoms with van der Waals surface area (Å²) in [6, 6.07) is 15.7. The number of methoxy groups -OCH3 is 1. The van der Waals surface area contributed by atoms with Gasteiger partial charge in [0.2, 0.25) is 5.91 Å². The van der Waals surface area contributed by atoms with Crippen LogP contribution in [-0.4, -0.2) is 31.0 Å². The summed E-state index contributed by atoms with van der Waals surface area (Å²) >= 11 is 6.05. The summed E-state index contributed by atoms with van der Waals surface area (Å²) in [7, 11) is 1.58. The Hall–Kier alpha value is -2.04. The highest BCUT2D eigenvalue weighted by Crippen LogP contribution is 2.33. The Labute approximate surface area is 160 Å². The molecule has 0 aliphatic heterocycles. The number of halogens is 1. The summed E-state index contributed by atoms with van der Waals surface area (Å²) in [6.07, 6.45) is 2.50. The van der Waals surface area contributed by atoms with Crippen molar-refractivity contribution in [3.8, 4) is 5.75 Å². The second kappa shape index (κ2) is 8.56. The van der Waals surface area contributed by atoms with E-state index < -0.39 is 0 Å². The molecule has 1 unspecified atom stereocenters. The van der Waals surface area contributed by atoms with E-state index in [1.165, 1.54) is 18.4 Å². The summed E-state index contributed by atoms with van der Waals surface area (Å²) in [5.41, 5.74) is 1.82. The van der Waals surface area contributed by atoms with E-state index in [2.05, 4.69) is 29.3 Å². The molecule has 138 valence electrons. The van der Waals surface area contributed by atoms with Crippen molar-refractivity contribution < 1.29 is 9.53 Å². The molecule has 0 spiro atoms. The fraction of sp³-hybridized carbons (Fsp3) is 0.381. The molecule has 0 aromatic heterocycles. The number of anilines is 1. The minimum atomic E-state index is -0.0611. The van der Waals surface area contributed by atoms with Crippen LogP contribution in [0.3, 0.4) is 0 Å². The molecule has 2 aromatic carbocycles. The van der Waals surface area contributed by atoms with Crippen molar-refractivity contribution in [1.29, 1.82) is 0 Å². The van der Waals surface area contributed by atoms with Crippen molar-refractivity contribution in [2.75, 3.05) is 25.5 Å². The molecule has 0 saturated heterocycles. The second-order valence-electron chi connectivity index (χ2n) is 6.85. The molecule has 0 heterocycles. The Morgan fingerprint density at radius 3 is 2.65 bits per heavy atom. The summed E-state index contributed by atoms with van der Waals surface area (Å²) in [5.74, 6) is 1.25. The highest BCUT2D eigenvalue weighted by Gasteiger charge is 2.28. The minimum Gasteiger partial charge on any atom is -0.495 e. The first-order valence-electron chi connectivity index (χ1n) is 8.99. The number of ether oxygens (including phenoxy) is 1. The highest BCUT2D eigenvalue weighted by molar-refractivity contribution is 6.31. The third-order valence-electron chi connectivity index (χ3n) is 4.80. The van der Waals surface area contributed by atoms with Gasteiger partial charge in [0.15, 0.2) is 0 Å². The van der Waals surface area contributed by atoms with Gasteiger partial charge in [-0.05, 0) is 49.4 Å². The van der Waals surface area contributed by atoms with Crippen LogP contribution in [0.5, 0.6) is 5.75 Å². The third-order valence-corrected chi connectivity index (χ3v) is 5.04. The summed E-state index contributed by atoms with van der Waals surface area (Å²) < 4.78 is 5.31. The average molecular weight is 373 g/mol. The lowest BCUT2D eigenvalue weighted by atomic mass is 10.1. The van der Waals surface area contributed by atoms with Crippen molar-refractivity contribution in [1.82, 2.24) is 4.90 Å². The first-order valence-corrected chi connectivity index (χ1v) is 9.37. The van der Waals surface area contributed by atoms with Crippen molar-refractivity contribution in [2.45, 2.75) is 25.8 Å². The molecule has 1 amide bonds. The predicted molar refractivity (Wildman–Crippen MR) is 106 cm³/mol. The predicted octanol–water partition coefficient (Wildman–Crippen LogP) is 4.76. The van der Waals surface area contributed by atoms with Crippen molar-refractivity contribution in [2.24, 2.45) is 5.92 Å². The van der Waals surface area contributed by atoms with Crippen LogP contribution < -0.4 is 10.1 Å². The van der Waals surface area contributed by atoms with Crippen LogP contribution in [0.15, 0.2) is 48.5 Å². The Morgan fingerprint density at radius 1 is 1.27 bits per heavy atom. The maximum atomic E-state index is 12.7. The molecule has 1 aliphatic rings. The number of nitrogens with zero attached hydrogens (tertiary/aromatic N) is 1. The quantitative estimate of drug-likeness (QED) is 0.726. The molecular formula is C21H25ClN2O2. The van der Waals surface area contributed by atoms with E-state index in [0.717, 1.165) is 6.54 Å². The Morgan fingerprint density at radius 2 is 2.00 bits per heavy atom. The van der Waals surface area contributed by atoms with Crippen LogP contribution >= 0.6 is 11.6 Å². The summed E-state index contributed by atoms with van der Waals surface area (Å²) in [5, 5.41) is 3.51. The fourth-order valence-electron chi connectivity index (χ4n) is 3.09. The van der Waals surface area contributed by atoms with Gasteiger partial charge < -0.3 is 10.1 Å². The van der Waals surface area contributed by atoms with E-state index in [1.807, 2.05) is 18.2 Å². The smallest absolute Gasteiger partial charge is 0.238 e. The standard InChI is InChI=1S/C21H25ClN2O2/c1-15(17-6-4-3-5-7-17)24(13-16-8-9-16)14-21(25)23-19-12-18(22)10-11-20(19)26-2/h3-7,10-12,15-16H,8-9,13-14H2,1-2H3,(H,23,25). The maximum absolute atomic E-state index is 12.7. The summed E-state index contributed by atoms with van der Waals surface area (Å²) in [6.45, 7) is 3.43. The number of benzene rings is 2. The zero-order valence-corrected chi connectivity index (χ0v) is 16.0. The van der Waals surface area contributed by atoms with E-state index in [0.29, 0.717) is 28.9 Å². The molecule has 1 N–H and O–H groups in total. The fourth-order valence-corrected chi connectivity index (χ4v) is 3.26. The third kappa shape index (κ3) is 4.99. The molecule has 1 aliphatic carbocycles. The molecule has 26 heavy (non-hydrogen) atoms. The molecule has 4 nitrogen and oxygen atoms in total. The van der Waals surface area contributed by atoms with Gasteiger partial charge in [0, 0.05) is 17.6 Å². The monoisotopic (exact) mass is 372 g/mol. The molecule has 5 heteroatoms. The van der Waals surface area contributed by atoms with Gasteiger partial charge in [-0.15, -0.1) is 0 Å². The highest BCUT2D eigenvalue weighted by atomic mass is 35.5. The number of hydrogen-bond acceptors (Lipinski definition) is 3. The summed E-state index contributed by atoms with van der Waals surface area (Å²) in [4.78, 5) is 14.9. The largest absolute Gasteiger partial charge is 0.495 e. The van der Waals surface area contributed by atoms with Gasteiger partial charge in [-0.3, -0.25) is 9.69 Å². The molecule has 2 aromatic rings. The van der Waals surface area contributed by atoms with Crippen molar-refractivity contribution in [3.05, 3.63) is 59.1 Å². The molecule has 1 fully saturated rings. The normalized spacial score (nSPS) is 14.9. The van der Waals surface area contributed by atoms with Crippen molar-refractivity contribution in [3.63, 3.8) is 0 Å². The Kier molecular flexibility index (Phi) is 6.17. The zero-order chi connectivity index (χ0) is 18.5. The number of carbonyl (C=O) groups is 1. The number of amides is 1. The first-order chi connectivity index (χ1) is 12.6. The second-order valence-corrected chi connectivity index (χ2v) is 7.29. The number of nitrogens with one attached hydrogen (secondary N) is 1. The van der Waals surface area contributed by atoms with E-state index in [9.17, 15) is 4.79 Å². The SMILES string of the molecule is COc1ccc(Cl)cc1NC(=O)CN(CC1CC1)C(C)c1ccccc1. The van der Waals surface area contributed by atoms with E-state index in [-0.39, 0.29) is 11.9 Å². The zero-order valence-electron chi connectivity index (χ0n) is 15.2. The molecule has 1 atom stereocenters. The molecule has 0 bridgehead atoms. The van der Waals surface area contributed by atoms with Gasteiger partial charge >= 0.3 is 0 Å². The van der Waals surface area contributed by atoms with Crippen LogP contribution in [0.4, 0.5) is 5.69 Å². The topological polar surface area (TPSA) is 41.6 Å². The van der Waals surface area contributed by atoms with Gasteiger partial charge in [0.1, 0.15) is 5.75 Å². The minimum absolute atomic E-state index is 0.0611. The number of rotatable bonds is 8. The molecule has 3 rings (SSSR count). The molecular weight excluding hydrogens is 348 g/mol. The van der Waals surface area contributed by atoms with Crippen LogP contribution in [0.25, 0.3) is 0 Å². The Bertz CT molecular complexity index is 747. The van der Waals surface area contributed by atoms with Gasteiger partial charge in [0.05, 0.1) is 19.3 Å². The van der Waals surface area contributed by atoms with Crippen molar-refractivity contribution >= 4 is 23.2 Å². The molecule has 1 saturated carbocycles. The lowest BCUT2D eigenvalue weighted by Crippen LogP contribution is -2.36. The van der Waals surface area contributed by atoms with Crippen LogP contribution in [-0.2, 0) is 4.79 Å². The average Bonchev–Trinajstić information content (AvgIpc) is 3.45. The lowest BCUT2D eigenvalue weighted by molar-refractivity contribution is -0.117.